The van der Waals surface area contributed by atoms with Gasteiger partial charge in [-0.1, -0.05) is 18.2 Å². The van der Waals surface area contributed by atoms with Crippen LogP contribution in [0, 0.1) is 6.92 Å². The highest BCUT2D eigenvalue weighted by Crippen LogP contribution is 2.43. The number of aliphatic imine (C=N–C) groups is 1. The van der Waals surface area contributed by atoms with Gasteiger partial charge in [0, 0.05) is 30.9 Å². The normalized spacial score (nSPS) is 20.0. The smallest absolute Gasteiger partial charge is 0.213 e. The molecule has 2 aromatic heterocycles. The van der Waals surface area contributed by atoms with Crippen LogP contribution in [0.3, 0.4) is 0 Å². The van der Waals surface area contributed by atoms with Crippen molar-refractivity contribution in [2.75, 3.05) is 0 Å². The quantitative estimate of drug-likeness (QED) is 0.486. The number of amidine groups is 1. The molecule has 3 aromatic rings. The van der Waals surface area contributed by atoms with Crippen molar-refractivity contribution in [2.24, 2.45) is 12.0 Å². The van der Waals surface area contributed by atoms with Gasteiger partial charge in [-0.25, -0.2) is 19.1 Å². The molecule has 0 fully saturated rings. The van der Waals surface area contributed by atoms with E-state index in [-0.39, 0.29) is 0 Å². The molecular formula is C16H19N9S3. The maximum atomic E-state index is 4.74. The molecule has 0 spiro atoms. The summed E-state index contributed by atoms with van der Waals surface area (Å²) in [4.78, 5) is 8.35. The van der Waals surface area contributed by atoms with Crippen LogP contribution >= 0.6 is 36.5 Å². The van der Waals surface area contributed by atoms with Gasteiger partial charge in [0.05, 0.1) is 5.69 Å². The highest BCUT2D eigenvalue weighted by atomic mass is 32.2. The van der Waals surface area contributed by atoms with Gasteiger partial charge in [0.25, 0.3) is 0 Å². The lowest BCUT2D eigenvalue weighted by Crippen LogP contribution is -2.39. The Bertz CT molecular complexity index is 1010. The van der Waals surface area contributed by atoms with E-state index in [1.54, 1.807) is 11.0 Å². The highest BCUT2D eigenvalue weighted by Gasteiger charge is 2.42. The summed E-state index contributed by atoms with van der Waals surface area (Å²) in [6, 6.07) is 9.88. The van der Waals surface area contributed by atoms with E-state index < -0.39 is 4.99 Å². The molecule has 1 aliphatic heterocycles. The molecule has 0 bridgehead atoms. The first-order valence-electron chi connectivity index (χ1n) is 8.43. The third-order valence-corrected chi connectivity index (χ3v) is 6.86. The Morgan fingerprint density at radius 2 is 1.79 bits per heavy atom. The third kappa shape index (κ3) is 3.52. The van der Waals surface area contributed by atoms with Gasteiger partial charge in [0.15, 0.2) is 4.99 Å². The lowest BCUT2D eigenvalue weighted by molar-refractivity contribution is 0.244. The summed E-state index contributed by atoms with van der Waals surface area (Å²) < 4.78 is 7.62. The standard InChI is InChI=1S/C16H19N9S3/c1-11-19-16(3,26)25(28-15-21-20-12(2)22(15)4)24(11)27-14-17-10-18-23(14)13-8-6-5-7-9-13/h5-10,26H,1-4H3. The van der Waals surface area contributed by atoms with Gasteiger partial charge >= 0.3 is 0 Å². The second-order valence-electron chi connectivity index (χ2n) is 6.24. The summed E-state index contributed by atoms with van der Waals surface area (Å²) in [5, 5.41) is 14.2. The molecular weight excluding hydrogens is 414 g/mol. The number of aryl methyl sites for hydroxylation is 1. The van der Waals surface area contributed by atoms with E-state index in [0.29, 0.717) is 5.16 Å². The van der Waals surface area contributed by atoms with Crippen molar-refractivity contribution in [2.45, 2.75) is 36.1 Å². The minimum atomic E-state index is -0.751. The van der Waals surface area contributed by atoms with Crippen molar-refractivity contribution in [3.8, 4) is 5.69 Å². The Labute approximate surface area is 176 Å². The first-order valence-corrected chi connectivity index (χ1v) is 10.4. The Morgan fingerprint density at radius 1 is 1.04 bits per heavy atom. The molecule has 0 aliphatic carbocycles. The van der Waals surface area contributed by atoms with Crippen LogP contribution in [-0.2, 0) is 7.05 Å². The van der Waals surface area contributed by atoms with E-state index in [1.165, 1.54) is 23.9 Å². The minimum absolute atomic E-state index is 0.714. The van der Waals surface area contributed by atoms with Gasteiger partial charge in [-0.3, -0.25) is 0 Å². The number of rotatable bonds is 5. The van der Waals surface area contributed by atoms with Gasteiger partial charge < -0.3 is 4.57 Å². The topological polar surface area (TPSA) is 80.3 Å². The molecule has 28 heavy (non-hydrogen) atoms. The summed E-state index contributed by atoms with van der Waals surface area (Å²) in [5.74, 6) is 1.64. The average Bonchev–Trinajstić information content (AvgIpc) is 3.31. The van der Waals surface area contributed by atoms with E-state index in [9.17, 15) is 0 Å². The van der Waals surface area contributed by atoms with Gasteiger partial charge in [0.2, 0.25) is 10.3 Å². The molecule has 12 heteroatoms. The molecule has 1 atom stereocenters. The van der Waals surface area contributed by atoms with E-state index in [0.717, 1.165) is 22.5 Å². The molecule has 0 saturated heterocycles. The van der Waals surface area contributed by atoms with Crippen LogP contribution in [0.5, 0.6) is 0 Å². The first-order chi connectivity index (χ1) is 13.4. The van der Waals surface area contributed by atoms with Crippen LogP contribution in [0.1, 0.15) is 19.7 Å². The number of aromatic nitrogens is 6. The van der Waals surface area contributed by atoms with Crippen LogP contribution in [0.4, 0.5) is 0 Å². The zero-order chi connectivity index (χ0) is 19.9. The number of thiol groups is 1. The average molecular weight is 434 g/mol. The molecule has 1 aromatic carbocycles. The van der Waals surface area contributed by atoms with E-state index >= 15 is 0 Å². The second kappa shape index (κ2) is 7.43. The Hall–Kier alpha value is -2.02. The predicted octanol–water partition coefficient (Wildman–Crippen LogP) is 2.97. The van der Waals surface area contributed by atoms with Gasteiger partial charge in [-0.15, -0.1) is 27.2 Å². The fourth-order valence-corrected chi connectivity index (χ4v) is 4.98. The van der Waals surface area contributed by atoms with Crippen molar-refractivity contribution in [3.05, 3.63) is 42.5 Å². The molecule has 146 valence electrons. The van der Waals surface area contributed by atoms with Crippen molar-refractivity contribution in [3.63, 3.8) is 0 Å². The van der Waals surface area contributed by atoms with E-state index in [4.69, 9.17) is 12.6 Å². The van der Waals surface area contributed by atoms with Crippen LogP contribution in [0.2, 0.25) is 0 Å². The number of hydrogen-bond donors (Lipinski definition) is 1. The Kier molecular flexibility index (Phi) is 5.12. The minimum Gasteiger partial charge on any atom is -0.308 e. The van der Waals surface area contributed by atoms with Crippen molar-refractivity contribution >= 4 is 42.4 Å². The monoisotopic (exact) mass is 433 g/mol. The molecule has 0 saturated carbocycles. The zero-order valence-corrected chi connectivity index (χ0v) is 18.3. The zero-order valence-electron chi connectivity index (χ0n) is 15.8. The second-order valence-corrected chi connectivity index (χ2v) is 8.87. The lowest BCUT2D eigenvalue weighted by atomic mass is 10.3. The van der Waals surface area contributed by atoms with Crippen molar-refractivity contribution < 1.29 is 0 Å². The van der Waals surface area contributed by atoms with Gasteiger partial charge in [-0.2, -0.15) is 5.10 Å². The van der Waals surface area contributed by atoms with Crippen molar-refractivity contribution in [1.82, 2.24) is 38.4 Å². The van der Waals surface area contributed by atoms with Gasteiger partial charge in [-0.05, 0) is 32.9 Å². The van der Waals surface area contributed by atoms with E-state index in [1.807, 2.05) is 71.5 Å². The molecule has 0 N–H and O–H groups in total. The maximum Gasteiger partial charge on any atom is 0.213 e. The van der Waals surface area contributed by atoms with Crippen LogP contribution in [-0.4, -0.2) is 49.2 Å². The number of hydrazine groups is 1. The third-order valence-electron chi connectivity index (χ3n) is 4.08. The molecule has 0 amide bonds. The summed E-state index contributed by atoms with van der Waals surface area (Å²) in [5.41, 5.74) is 0.938. The largest absolute Gasteiger partial charge is 0.308 e. The van der Waals surface area contributed by atoms with Crippen LogP contribution in [0.25, 0.3) is 5.69 Å². The Morgan fingerprint density at radius 3 is 2.46 bits per heavy atom. The van der Waals surface area contributed by atoms with E-state index in [2.05, 4.69) is 25.3 Å². The van der Waals surface area contributed by atoms with Crippen LogP contribution < -0.4 is 0 Å². The fraction of sp³-hybridized carbons (Fsp3) is 0.312. The molecule has 3 heterocycles. The Balaban J connectivity index is 1.64. The van der Waals surface area contributed by atoms with Crippen LogP contribution in [0.15, 0.2) is 52.0 Å². The molecule has 9 nitrogen and oxygen atoms in total. The first kappa shape index (κ1) is 19.3. The fourth-order valence-electron chi connectivity index (χ4n) is 2.58. The molecule has 1 unspecified atom stereocenters. The summed E-state index contributed by atoms with van der Waals surface area (Å²) in [6.45, 7) is 5.78. The summed E-state index contributed by atoms with van der Waals surface area (Å²) >= 11 is 7.58. The summed E-state index contributed by atoms with van der Waals surface area (Å²) in [7, 11) is 1.93. The van der Waals surface area contributed by atoms with Gasteiger partial charge in [0.1, 0.15) is 18.0 Å². The number of benzene rings is 1. The molecule has 1 aliphatic rings. The number of nitrogens with zero attached hydrogens (tertiary/aromatic N) is 9. The highest BCUT2D eigenvalue weighted by molar-refractivity contribution is 8.00. The predicted molar refractivity (Wildman–Crippen MR) is 113 cm³/mol. The van der Waals surface area contributed by atoms with Crippen molar-refractivity contribution in [1.29, 1.82) is 0 Å². The SMILES string of the molecule is CC1=NC(C)(S)N(Sc2nnc(C)n2C)N1Sc1ncnn1-c1ccccc1. The molecule has 0 radical (unpaired) electrons. The molecule has 4 rings (SSSR count). The summed E-state index contributed by atoms with van der Waals surface area (Å²) in [6.07, 6.45) is 1.54. The number of para-hydroxylation sites is 1. The lowest BCUT2D eigenvalue weighted by Gasteiger charge is -2.32. The number of hydrogen-bond acceptors (Lipinski definition) is 10. The maximum absolute atomic E-state index is 4.74.